The van der Waals surface area contributed by atoms with E-state index in [9.17, 15) is 4.79 Å². The second kappa shape index (κ2) is 6.26. The second-order valence-corrected chi connectivity index (χ2v) is 4.90. The van der Waals surface area contributed by atoms with E-state index in [2.05, 4.69) is 41.2 Å². The minimum absolute atomic E-state index is 0.273. The lowest BCUT2D eigenvalue weighted by molar-refractivity contribution is -0.120. The summed E-state index contributed by atoms with van der Waals surface area (Å²) in [6, 6.07) is 8.59. The van der Waals surface area contributed by atoms with Crippen molar-refractivity contribution in [1.29, 1.82) is 0 Å². The minimum Gasteiger partial charge on any atom is -0.278 e. The summed E-state index contributed by atoms with van der Waals surface area (Å²) in [6.45, 7) is 3.51. The lowest BCUT2D eigenvalue weighted by Gasteiger charge is -1.97. The van der Waals surface area contributed by atoms with Crippen molar-refractivity contribution in [2.24, 2.45) is 25.6 Å². The van der Waals surface area contributed by atoms with Crippen LogP contribution in [-0.2, 0) is 4.79 Å². The van der Waals surface area contributed by atoms with Gasteiger partial charge in [-0.3, -0.25) is 9.89 Å². The van der Waals surface area contributed by atoms with Crippen molar-refractivity contribution in [3.05, 3.63) is 36.0 Å². The van der Waals surface area contributed by atoms with Crippen molar-refractivity contribution in [2.75, 3.05) is 0 Å². The number of rotatable bonds is 4. The topological polar surface area (TPSA) is 120 Å². The Hall–Kier alpha value is -3.23. The summed E-state index contributed by atoms with van der Waals surface area (Å²) in [4.78, 5) is 11.6. The highest BCUT2D eigenvalue weighted by molar-refractivity contribution is 6.10. The summed E-state index contributed by atoms with van der Waals surface area (Å²) in [5.74, 6) is -0.0411. The molecule has 1 atom stereocenters. The molecule has 0 bridgehead atoms. The van der Waals surface area contributed by atoms with Crippen LogP contribution in [0.4, 0.5) is 17.2 Å². The number of hydrogen-bond donors (Lipinski definition) is 2. The number of aryl methyl sites for hydroxylation is 1. The van der Waals surface area contributed by atoms with Gasteiger partial charge < -0.3 is 0 Å². The molecule has 1 unspecified atom stereocenters. The molecule has 23 heavy (non-hydrogen) atoms. The number of nitrogens with zero attached hydrogens (tertiary/aromatic N) is 6. The van der Waals surface area contributed by atoms with Crippen LogP contribution in [0.1, 0.15) is 12.6 Å². The Labute approximate surface area is 131 Å². The number of H-pyrrole nitrogens is 1. The molecule has 1 aliphatic heterocycles. The third-order valence-corrected chi connectivity index (χ3v) is 3.17. The molecule has 0 saturated heterocycles. The SMILES string of the molecule is CC1=NNC(=O)C1N=Nc1n[nH]c(C)c1N=Nc1ccccc1. The van der Waals surface area contributed by atoms with Crippen LogP contribution in [0.15, 0.2) is 55.9 Å². The number of amides is 1. The fourth-order valence-electron chi connectivity index (χ4n) is 1.91. The van der Waals surface area contributed by atoms with Crippen LogP contribution in [-0.4, -0.2) is 27.9 Å². The molecule has 2 N–H and O–H groups in total. The van der Waals surface area contributed by atoms with E-state index in [-0.39, 0.29) is 11.7 Å². The summed E-state index contributed by atoms with van der Waals surface area (Å²) in [7, 11) is 0. The molecule has 9 nitrogen and oxygen atoms in total. The van der Waals surface area contributed by atoms with E-state index < -0.39 is 6.04 Å². The molecule has 1 amide bonds. The summed E-state index contributed by atoms with van der Waals surface area (Å²) >= 11 is 0. The largest absolute Gasteiger partial charge is 0.278 e. The van der Waals surface area contributed by atoms with Gasteiger partial charge in [-0.1, -0.05) is 18.2 Å². The highest BCUT2D eigenvalue weighted by atomic mass is 16.2. The molecule has 9 heteroatoms. The van der Waals surface area contributed by atoms with Crippen molar-refractivity contribution in [3.8, 4) is 0 Å². The third-order valence-electron chi connectivity index (χ3n) is 3.17. The molecule has 0 fully saturated rings. The molecule has 0 spiro atoms. The van der Waals surface area contributed by atoms with E-state index in [4.69, 9.17) is 0 Å². The van der Waals surface area contributed by atoms with E-state index in [0.717, 1.165) is 0 Å². The molecule has 0 aliphatic carbocycles. The van der Waals surface area contributed by atoms with Gasteiger partial charge in [0.1, 0.15) is 0 Å². The number of hydrazone groups is 1. The number of carbonyl (C=O) groups is 1. The van der Waals surface area contributed by atoms with Gasteiger partial charge in [0.25, 0.3) is 5.91 Å². The minimum atomic E-state index is -0.731. The van der Waals surface area contributed by atoms with Crippen LogP contribution in [0.25, 0.3) is 0 Å². The van der Waals surface area contributed by atoms with Gasteiger partial charge in [0, 0.05) is 0 Å². The molecule has 3 rings (SSSR count). The Bertz CT molecular complexity index is 805. The van der Waals surface area contributed by atoms with Crippen LogP contribution >= 0.6 is 0 Å². The monoisotopic (exact) mass is 310 g/mol. The molecule has 2 heterocycles. The Kier molecular flexibility index (Phi) is 4.00. The lowest BCUT2D eigenvalue weighted by Crippen LogP contribution is -2.25. The van der Waals surface area contributed by atoms with Crippen LogP contribution in [0.5, 0.6) is 0 Å². The number of azo groups is 2. The number of carbonyl (C=O) groups excluding carboxylic acids is 1. The summed E-state index contributed by atoms with van der Waals surface area (Å²) in [6.07, 6.45) is 0. The molecule has 1 aliphatic rings. The van der Waals surface area contributed by atoms with Crippen LogP contribution in [0.3, 0.4) is 0 Å². The number of nitrogens with one attached hydrogen (secondary N) is 2. The maximum absolute atomic E-state index is 11.6. The zero-order valence-electron chi connectivity index (χ0n) is 12.6. The maximum atomic E-state index is 11.6. The second-order valence-electron chi connectivity index (χ2n) is 4.90. The number of benzene rings is 1. The van der Waals surface area contributed by atoms with Crippen LogP contribution < -0.4 is 5.43 Å². The van der Waals surface area contributed by atoms with Gasteiger partial charge in [0.15, 0.2) is 11.7 Å². The Balaban J connectivity index is 1.83. The van der Waals surface area contributed by atoms with Crippen molar-refractivity contribution in [2.45, 2.75) is 19.9 Å². The van der Waals surface area contributed by atoms with Crippen molar-refractivity contribution >= 4 is 28.8 Å². The first kappa shape index (κ1) is 14.7. The average molecular weight is 310 g/mol. The van der Waals surface area contributed by atoms with E-state index in [0.29, 0.717) is 22.8 Å². The number of aromatic nitrogens is 2. The highest BCUT2D eigenvalue weighted by Gasteiger charge is 2.26. The zero-order valence-corrected chi connectivity index (χ0v) is 12.6. The van der Waals surface area contributed by atoms with E-state index in [1.165, 1.54) is 0 Å². The van der Waals surface area contributed by atoms with Gasteiger partial charge in [0.05, 0.1) is 17.1 Å². The fraction of sp³-hybridized carbons (Fsp3) is 0.214. The maximum Gasteiger partial charge on any atom is 0.272 e. The number of aromatic amines is 1. The molecular formula is C14H14N8O. The first-order valence-corrected chi connectivity index (χ1v) is 6.92. The van der Waals surface area contributed by atoms with Crippen molar-refractivity contribution in [3.63, 3.8) is 0 Å². The smallest absolute Gasteiger partial charge is 0.272 e. The average Bonchev–Trinajstić information content (AvgIpc) is 3.07. The predicted octanol–water partition coefficient (Wildman–Crippen LogP) is 3.09. The van der Waals surface area contributed by atoms with Crippen LogP contribution in [0.2, 0.25) is 0 Å². The molecule has 0 saturated carbocycles. The normalized spacial score (nSPS) is 17.9. The van der Waals surface area contributed by atoms with Gasteiger partial charge >= 0.3 is 0 Å². The summed E-state index contributed by atoms with van der Waals surface area (Å²) in [5, 5.41) is 26.9. The summed E-state index contributed by atoms with van der Waals surface area (Å²) in [5.41, 5.74) is 4.80. The van der Waals surface area contributed by atoms with Gasteiger partial charge in [-0.15, -0.1) is 10.2 Å². The highest BCUT2D eigenvalue weighted by Crippen LogP contribution is 2.31. The lowest BCUT2D eigenvalue weighted by atomic mass is 10.2. The van der Waals surface area contributed by atoms with Gasteiger partial charge in [0.2, 0.25) is 5.82 Å². The van der Waals surface area contributed by atoms with E-state index in [1.807, 2.05) is 30.3 Å². The van der Waals surface area contributed by atoms with Crippen LogP contribution in [0, 0.1) is 6.92 Å². The van der Waals surface area contributed by atoms with Crippen molar-refractivity contribution in [1.82, 2.24) is 15.6 Å². The predicted molar refractivity (Wildman–Crippen MR) is 83.5 cm³/mol. The Morgan fingerprint density at radius 3 is 2.57 bits per heavy atom. The molecule has 116 valence electrons. The quantitative estimate of drug-likeness (QED) is 0.843. The first-order chi connectivity index (χ1) is 11.1. The Morgan fingerprint density at radius 2 is 1.87 bits per heavy atom. The zero-order chi connectivity index (χ0) is 16.2. The molecule has 0 radical (unpaired) electrons. The van der Waals surface area contributed by atoms with Gasteiger partial charge in [-0.25, -0.2) is 5.43 Å². The van der Waals surface area contributed by atoms with E-state index in [1.54, 1.807) is 13.8 Å². The standard InChI is InChI=1S/C14H14N8O/c1-8-11(18-17-10-6-4-3-5-7-10)13(20-15-8)21-19-12-9(2)16-22-14(12)23/h3-7,12H,1-2H3,(H,15,20)(H,22,23). The van der Waals surface area contributed by atoms with Gasteiger partial charge in [-0.2, -0.15) is 20.4 Å². The van der Waals surface area contributed by atoms with E-state index >= 15 is 0 Å². The number of hydrogen-bond acceptors (Lipinski definition) is 7. The molecular weight excluding hydrogens is 296 g/mol. The first-order valence-electron chi connectivity index (χ1n) is 6.92. The molecule has 1 aromatic heterocycles. The molecule has 1 aromatic carbocycles. The third kappa shape index (κ3) is 3.18. The Morgan fingerprint density at radius 1 is 1.09 bits per heavy atom. The summed E-state index contributed by atoms with van der Waals surface area (Å²) < 4.78 is 0. The fourth-order valence-corrected chi connectivity index (χ4v) is 1.91. The molecule has 2 aromatic rings. The van der Waals surface area contributed by atoms with Gasteiger partial charge in [-0.05, 0) is 26.0 Å². The van der Waals surface area contributed by atoms with Crippen molar-refractivity contribution < 1.29 is 4.79 Å².